The van der Waals surface area contributed by atoms with Crippen molar-refractivity contribution in [3.05, 3.63) is 40.6 Å². The molecule has 0 aliphatic carbocycles. The Bertz CT molecular complexity index is 936. The number of carbonyl (C=O) groups excluding carboxylic acids is 1. The minimum atomic E-state index is -0.106. The van der Waals surface area contributed by atoms with Crippen LogP contribution in [0.25, 0.3) is 11.4 Å². The number of nitrogens with zero attached hydrogens (tertiary/aromatic N) is 3. The molecule has 0 radical (unpaired) electrons. The average Bonchev–Trinajstić information content (AvgIpc) is 3.34. The quantitative estimate of drug-likeness (QED) is 0.511. The van der Waals surface area contributed by atoms with Gasteiger partial charge in [-0.1, -0.05) is 37.7 Å². The van der Waals surface area contributed by atoms with E-state index in [-0.39, 0.29) is 11.7 Å². The number of amides is 1. The molecule has 6 nitrogen and oxygen atoms in total. The Balaban J connectivity index is 1.70. The second-order valence-electron chi connectivity index (χ2n) is 6.15. The SMILES string of the molecule is CCCn1c(SCC(=O)Nc2ccccc2OC)nnc1-c1csc(CC)c1. The van der Waals surface area contributed by atoms with Gasteiger partial charge >= 0.3 is 0 Å². The molecule has 0 saturated carbocycles. The first-order valence-electron chi connectivity index (χ1n) is 9.22. The van der Waals surface area contributed by atoms with E-state index in [1.54, 1.807) is 18.4 Å². The van der Waals surface area contributed by atoms with Gasteiger partial charge in [0.1, 0.15) is 5.75 Å². The normalized spacial score (nSPS) is 10.8. The van der Waals surface area contributed by atoms with Crippen molar-refractivity contribution in [2.24, 2.45) is 0 Å². The third-order valence-corrected chi connectivity index (χ3v) is 6.19. The van der Waals surface area contributed by atoms with Crippen molar-refractivity contribution in [2.75, 3.05) is 18.2 Å². The molecule has 2 aromatic heterocycles. The molecule has 1 amide bonds. The van der Waals surface area contributed by atoms with Crippen LogP contribution in [0.1, 0.15) is 25.1 Å². The summed E-state index contributed by atoms with van der Waals surface area (Å²) in [5.74, 6) is 1.65. The molecule has 3 aromatic rings. The average molecular weight is 417 g/mol. The van der Waals surface area contributed by atoms with Gasteiger partial charge in [0.25, 0.3) is 0 Å². The standard InChI is InChI=1S/C20H24N4O2S2/c1-4-10-24-19(14-11-15(5-2)27-12-14)22-23-20(24)28-13-18(25)21-16-8-6-7-9-17(16)26-3/h6-9,11-12H,4-5,10,13H2,1-3H3,(H,21,25). The molecule has 0 aliphatic rings. The zero-order valence-corrected chi connectivity index (χ0v) is 17.9. The largest absolute Gasteiger partial charge is 0.495 e. The molecular weight excluding hydrogens is 392 g/mol. The third kappa shape index (κ3) is 4.74. The molecule has 0 bridgehead atoms. The molecule has 1 aromatic carbocycles. The number of methoxy groups -OCH3 is 1. The number of hydrogen-bond donors (Lipinski definition) is 1. The molecule has 2 heterocycles. The van der Waals surface area contributed by atoms with Crippen LogP contribution in [-0.4, -0.2) is 33.5 Å². The lowest BCUT2D eigenvalue weighted by Gasteiger charge is -2.10. The maximum Gasteiger partial charge on any atom is 0.234 e. The fraction of sp³-hybridized carbons (Fsp3) is 0.350. The zero-order valence-electron chi connectivity index (χ0n) is 16.3. The van der Waals surface area contributed by atoms with Crippen molar-refractivity contribution in [2.45, 2.75) is 38.4 Å². The van der Waals surface area contributed by atoms with E-state index in [1.807, 2.05) is 24.3 Å². The van der Waals surface area contributed by atoms with Crippen molar-refractivity contribution in [1.82, 2.24) is 14.8 Å². The van der Waals surface area contributed by atoms with Crippen LogP contribution in [0.4, 0.5) is 5.69 Å². The van der Waals surface area contributed by atoms with E-state index < -0.39 is 0 Å². The van der Waals surface area contributed by atoms with Crippen LogP contribution in [-0.2, 0) is 17.8 Å². The summed E-state index contributed by atoms with van der Waals surface area (Å²) in [5, 5.41) is 14.5. The Labute approximate surface area is 173 Å². The summed E-state index contributed by atoms with van der Waals surface area (Å²) in [6, 6.07) is 9.54. The fourth-order valence-corrected chi connectivity index (χ4v) is 4.36. The van der Waals surface area contributed by atoms with Crippen LogP contribution in [0.3, 0.4) is 0 Å². The summed E-state index contributed by atoms with van der Waals surface area (Å²) in [5.41, 5.74) is 1.75. The highest BCUT2D eigenvalue weighted by atomic mass is 32.2. The van der Waals surface area contributed by atoms with Crippen LogP contribution in [0.2, 0.25) is 0 Å². The molecule has 0 spiro atoms. The minimum Gasteiger partial charge on any atom is -0.495 e. The summed E-state index contributed by atoms with van der Waals surface area (Å²) >= 11 is 3.14. The lowest BCUT2D eigenvalue weighted by Crippen LogP contribution is -2.15. The number of aromatic nitrogens is 3. The van der Waals surface area contributed by atoms with Crippen LogP contribution in [0.15, 0.2) is 40.9 Å². The molecule has 0 aliphatic heterocycles. The van der Waals surface area contributed by atoms with Crippen LogP contribution in [0, 0.1) is 0 Å². The maximum atomic E-state index is 12.4. The first kappa shape index (κ1) is 20.4. The summed E-state index contributed by atoms with van der Waals surface area (Å²) in [4.78, 5) is 13.7. The molecule has 28 heavy (non-hydrogen) atoms. The van der Waals surface area contributed by atoms with Gasteiger partial charge in [-0.25, -0.2) is 0 Å². The van der Waals surface area contributed by atoms with Gasteiger partial charge in [-0.05, 0) is 31.0 Å². The van der Waals surface area contributed by atoms with Crippen molar-refractivity contribution < 1.29 is 9.53 Å². The molecule has 0 unspecified atom stereocenters. The van der Waals surface area contributed by atoms with E-state index in [0.717, 1.165) is 35.9 Å². The number of thioether (sulfide) groups is 1. The van der Waals surface area contributed by atoms with Crippen molar-refractivity contribution in [1.29, 1.82) is 0 Å². The van der Waals surface area contributed by atoms with Crippen molar-refractivity contribution in [3.8, 4) is 17.1 Å². The Hall–Kier alpha value is -2.32. The number of carbonyl (C=O) groups is 1. The van der Waals surface area contributed by atoms with E-state index in [0.29, 0.717) is 11.4 Å². The number of para-hydroxylation sites is 2. The van der Waals surface area contributed by atoms with E-state index in [9.17, 15) is 4.79 Å². The number of thiophene rings is 1. The molecule has 8 heteroatoms. The van der Waals surface area contributed by atoms with Gasteiger partial charge in [0.15, 0.2) is 11.0 Å². The highest BCUT2D eigenvalue weighted by molar-refractivity contribution is 7.99. The number of benzene rings is 1. The molecular formula is C20H24N4O2S2. The van der Waals surface area contributed by atoms with Gasteiger partial charge in [0, 0.05) is 22.4 Å². The molecule has 0 fully saturated rings. The fourth-order valence-electron chi connectivity index (χ4n) is 2.78. The highest BCUT2D eigenvalue weighted by Crippen LogP contribution is 2.29. The monoisotopic (exact) mass is 416 g/mol. The molecule has 148 valence electrons. The Morgan fingerprint density at radius 2 is 2.11 bits per heavy atom. The number of ether oxygens (including phenoxy) is 1. The number of rotatable bonds is 9. The second kappa shape index (κ2) is 9.75. The van der Waals surface area contributed by atoms with Crippen LogP contribution < -0.4 is 10.1 Å². The van der Waals surface area contributed by atoms with Gasteiger partial charge < -0.3 is 14.6 Å². The van der Waals surface area contributed by atoms with Gasteiger partial charge in [0.2, 0.25) is 5.91 Å². The predicted molar refractivity (Wildman–Crippen MR) is 115 cm³/mol. The summed E-state index contributed by atoms with van der Waals surface area (Å²) in [6.45, 7) is 5.09. The van der Waals surface area contributed by atoms with E-state index in [1.165, 1.54) is 16.6 Å². The summed E-state index contributed by atoms with van der Waals surface area (Å²) in [7, 11) is 1.59. The lowest BCUT2D eigenvalue weighted by molar-refractivity contribution is -0.113. The Morgan fingerprint density at radius 3 is 2.82 bits per heavy atom. The van der Waals surface area contributed by atoms with Gasteiger partial charge in [-0.2, -0.15) is 0 Å². The summed E-state index contributed by atoms with van der Waals surface area (Å²) < 4.78 is 7.38. The minimum absolute atomic E-state index is 0.106. The third-order valence-electron chi connectivity index (χ3n) is 4.14. The number of anilines is 1. The summed E-state index contributed by atoms with van der Waals surface area (Å²) in [6.07, 6.45) is 1.98. The van der Waals surface area contributed by atoms with E-state index in [4.69, 9.17) is 4.74 Å². The van der Waals surface area contributed by atoms with E-state index in [2.05, 4.69) is 45.4 Å². The van der Waals surface area contributed by atoms with Crippen molar-refractivity contribution in [3.63, 3.8) is 0 Å². The molecule has 0 atom stereocenters. The first-order chi connectivity index (χ1) is 13.7. The van der Waals surface area contributed by atoms with Crippen LogP contribution in [0.5, 0.6) is 5.75 Å². The second-order valence-corrected chi connectivity index (χ2v) is 8.09. The molecule has 0 saturated heterocycles. The van der Waals surface area contributed by atoms with Crippen LogP contribution >= 0.6 is 23.1 Å². The number of aryl methyl sites for hydroxylation is 1. The maximum absolute atomic E-state index is 12.4. The number of nitrogens with one attached hydrogen (secondary N) is 1. The Kier molecular flexibility index (Phi) is 7.11. The predicted octanol–water partition coefficient (Wildman–Crippen LogP) is 4.72. The number of hydrogen-bond acceptors (Lipinski definition) is 6. The topological polar surface area (TPSA) is 69.0 Å². The molecule has 3 rings (SSSR count). The van der Waals surface area contributed by atoms with Gasteiger partial charge in [-0.15, -0.1) is 21.5 Å². The van der Waals surface area contributed by atoms with Crippen molar-refractivity contribution >= 4 is 34.7 Å². The molecule has 1 N–H and O–H groups in total. The smallest absolute Gasteiger partial charge is 0.234 e. The zero-order chi connectivity index (χ0) is 19.9. The van der Waals surface area contributed by atoms with Gasteiger partial charge in [-0.3, -0.25) is 4.79 Å². The van der Waals surface area contributed by atoms with E-state index >= 15 is 0 Å². The lowest BCUT2D eigenvalue weighted by atomic mass is 10.2. The Morgan fingerprint density at radius 1 is 1.29 bits per heavy atom. The van der Waals surface area contributed by atoms with Gasteiger partial charge in [0.05, 0.1) is 18.6 Å². The highest BCUT2D eigenvalue weighted by Gasteiger charge is 2.16. The first-order valence-corrected chi connectivity index (χ1v) is 11.1.